The molecule has 3 rings (SSSR count). The van der Waals surface area contributed by atoms with E-state index in [1.807, 2.05) is 43.3 Å². The molecule has 1 aliphatic rings. The Morgan fingerprint density at radius 2 is 1.83 bits per heavy atom. The molecule has 0 atom stereocenters. The molecule has 0 radical (unpaired) electrons. The van der Waals surface area contributed by atoms with Gasteiger partial charge in [0.1, 0.15) is 17.5 Å². The van der Waals surface area contributed by atoms with Crippen molar-refractivity contribution in [2.24, 2.45) is 0 Å². The van der Waals surface area contributed by atoms with Gasteiger partial charge >= 0.3 is 0 Å². The lowest BCUT2D eigenvalue weighted by Crippen LogP contribution is -2.17. The first kappa shape index (κ1) is 22.7. The third-order valence-electron chi connectivity index (χ3n) is 3.93. The van der Waals surface area contributed by atoms with Crippen molar-refractivity contribution >= 4 is 62.9 Å². The lowest BCUT2D eigenvalue weighted by Gasteiger charge is -2.15. The SMILES string of the molecule is CCOc1cc(/C=C2\SC(=S)NC2=O)cc(I)c1OCCOc1ccccc1OC. The van der Waals surface area contributed by atoms with Gasteiger partial charge in [0.15, 0.2) is 23.0 Å². The Hall–Kier alpha value is -1.98. The molecule has 1 heterocycles. The summed E-state index contributed by atoms with van der Waals surface area (Å²) in [6.07, 6.45) is 1.79. The molecular formula is C21H20INO5S2. The van der Waals surface area contributed by atoms with Crippen LogP contribution in [0.25, 0.3) is 6.08 Å². The largest absolute Gasteiger partial charge is 0.493 e. The van der Waals surface area contributed by atoms with Crippen LogP contribution in [0.3, 0.4) is 0 Å². The number of methoxy groups -OCH3 is 1. The molecule has 0 unspecified atom stereocenters. The van der Waals surface area contributed by atoms with Gasteiger partial charge in [0.2, 0.25) is 0 Å². The first-order valence-corrected chi connectivity index (χ1v) is 11.4. The Bertz CT molecular complexity index is 980. The Morgan fingerprint density at radius 1 is 1.10 bits per heavy atom. The molecule has 1 fully saturated rings. The molecule has 158 valence electrons. The fourth-order valence-corrected chi connectivity index (χ4v) is 4.51. The van der Waals surface area contributed by atoms with E-state index in [0.29, 0.717) is 52.0 Å². The Labute approximate surface area is 198 Å². The van der Waals surface area contributed by atoms with Crippen LogP contribution in [0.2, 0.25) is 0 Å². The molecule has 1 saturated heterocycles. The van der Waals surface area contributed by atoms with E-state index in [1.54, 1.807) is 13.2 Å². The van der Waals surface area contributed by atoms with Crippen molar-refractivity contribution in [3.8, 4) is 23.0 Å². The predicted octanol–water partition coefficient (Wildman–Crippen LogP) is 4.65. The average molecular weight is 557 g/mol. The molecular weight excluding hydrogens is 537 g/mol. The van der Waals surface area contributed by atoms with E-state index in [2.05, 4.69) is 27.9 Å². The highest BCUT2D eigenvalue weighted by atomic mass is 127. The fraction of sp³-hybridized carbons (Fsp3) is 0.238. The standard InChI is InChI=1S/C21H20INO5S2/c1-3-26-17-11-13(12-18-20(24)23-21(29)30-18)10-14(22)19(17)28-9-8-27-16-7-5-4-6-15(16)25-2/h4-7,10-12H,3,8-9H2,1-2H3,(H,23,24,29)/b18-12-. The molecule has 0 aliphatic carbocycles. The number of nitrogens with one attached hydrogen (secondary N) is 1. The second kappa shape index (κ2) is 10.9. The Morgan fingerprint density at radius 3 is 2.50 bits per heavy atom. The fourth-order valence-electron chi connectivity index (χ4n) is 2.68. The number of thiocarbonyl (C=S) groups is 1. The van der Waals surface area contributed by atoms with E-state index in [4.69, 9.17) is 31.2 Å². The van der Waals surface area contributed by atoms with Crippen LogP contribution in [0.1, 0.15) is 12.5 Å². The number of para-hydroxylation sites is 2. The molecule has 1 amide bonds. The number of carbonyl (C=O) groups is 1. The number of halogens is 1. The molecule has 0 spiro atoms. The normalized spacial score (nSPS) is 14.6. The number of rotatable bonds is 9. The van der Waals surface area contributed by atoms with E-state index in [0.717, 1.165) is 9.13 Å². The molecule has 0 saturated carbocycles. The summed E-state index contributed by atoms with van der Waals surface area (Å²) in [7, 11) is 1.60. The van der Waals surface area contributed by atoms with Crippen LogP contribution in [0.15, 0.2) is 41.3 Å². The van der Waals surface area contributed by atoms with Gasteiger partial charge in [-0.1, -0.05) is 36.1 Å². The molecule has 30 heavy (non-hydrogen) atoms. The van der Waals surface area contributed by atoms with Crippen molar-refractivity contribution in [1.82, 2.24) is 5.32 Å². The second-order valence-electron chi connectivity index (χ2n) is 5.96. The van der Waals surface area contributed by atoms with E-state index >= 15 is 0 Å². The number of thioether (sulfide) groups is 1. The molecule has 6 nitrogen and oxygen atoms in total. The minimum atomic E-state index is -0.188. The van der Waals surface area contributed by atoms with Crippen LogP contribution in [0, 0.1) is 3.57 Å². The topological polar surface area (TPSA) is 66.0 Å². The summed E-state index contributed by atoms with van der Waals surface area (Å²) in [5, 5.41) is 2.62. The van der Waals surface area contributed by atoms with Gasteiger partial charge in [-0.3, -0.25) is 4.79 Å². The van der Waals surface area contributed by atoms with Crippen LogP contribution in [-0.4, -0.2) is 37.2 Å². The molecule has 1 aliphatic heterocycles. The molecule has 2 aromatic rings. The van der Waals surface area contributed by atoms with E-state index < -0.39 is 0 Å². The quantitative estimate of drug-likeness (QED) is 0.209. The third-order valence-corrected chi connectivity index (χ3v) is 5.89. The van der Waals surface area contributed by atoms with Crippen molar-refractivity contribution in [3.63, 3.8) is 0 Å². The van der Waals surface area contributed by atoms with Crippen LogP contribution < -0.4 is 24.3 Å². The number of amides is 1. The second-order valence-corrected chi connectivity index (χ2v) is 8.84. The lowest BCUT2D eigenvalue weighted by atomic mass is 10.2. The minimum Gasteiger partial charge on any atom is -0.493 e. The van der Waals surface area contributed by atoms with E-state index in [1.165, 1.54) is 11.8 Å². The van der Waals surface area contributed by atoms with Gasteiger partial charge in [0.05, 0.1) is 22.2 Å². The van der Waals surface area contributed by atoms with Crippen LogP contribution in [-0.2, 0) is 4.79 Å². The van der Waals surface area contributed by atoms with Gasteiger partial charge in [0, 0.05) is 0 Å². The zero-order valence-electron chi connectivity index (χ0n) is 16.4. The van der Waals surface area contributed by atoms with Crippen molar-refractivity contribution in [3.05, 3.63) is 50.4 Å². The summed E-state index contributed by atoms with van der Waals surface area (Å²) >= 11 is 8.48. The summed E-state index contributed by atoms with van der Waals surface area (Å²) < 4.78 is 24.1. The van der Waals surface area contributed by atoms with Gasteiger partial charge < -0.3 is 24.3 Å². The average Bonchev–Trinajstić information content (AvgIpc) is 3.04. The predicted molar refractivity (Wildman–Crippen MR) is 131 cm³/mol. The number of carbonyl (C=O) groups excluding carboxylic acids is 1. The van der Waals surface area contributed by atoms with Crippen LogP contribution in [0.4, 0.5) is 0 Å². The highest BCUT2D eigenvalue weighted by Crippen LogP contribution is 2.36. The smallest absolute Gasteiger partial charge is 0.263 e. The van der Waals surface area contributed by atoms with Crippen molar-refractivity contribution < 1.29 is 23.7 Å². The minimum absolute atomic E-state index is 0.188. The van der Waals surface area contributed by atoms with Gasteiger partial charge in [-0.2, -0.15) is 0 Å². The summed E-state index contributed by atoms with van der Waals surface area (Å²) in [4.78, 5) is 12.5. The van der Waals surface area contributed by atoms with Crippen LogP contribution >= 0.6 is 46.6 Å². The molecule has 0 bridgehead atoms. The summed E-state index contributed by atoms with van der Waals surface area (Å²) in [5.41, 5.74) is 0.836. The number of hydrogen-bond donors (Lipinski definition) is 1. The van der Waals surface area contributed by atoms with Gasteiger partial charge in [0.25, 0.3) is 5.91 Å². The summed E-state index contributed by atoms with van der Waals surface area (Å²) in [5.74, 6) is 2.40. The first-order valence-electron chi connectivity index (χ1n) is 9.11. The van der Waals surface area contributed by atoms with E-state index in [9.17, 15) is 4.79 Å². The van der Waals surface area contributed by atoms with Gasteiger partial charge in [-0.05, 0) is 65.4 Å². The summed E-state index contributed by atoms with van der Waals surface area (Å²) in [6.45, 7) is 3.08. The van der Waals surface area contributed by atoms with Crippen molar-refractivity contribution in [2.75, 3.05) is 26.9 Å². The Balaban J connectivity index is 1.70. The monoisotopic (exact) mass is 557 g/mol. The molecule has 1 N–H and O–H groups in total. The maximum atomic E-state index is 11.9. The maximum Gasteiger partial charge on any atom is 0.263 e. The lowest BCUT2D eigenvalue weighted by molar-refractivity contribution is -0.115. The van der Waals surface area contributed by atoms with Gasteiger partial charge in [-0.15, -0.1) is 0 Å². The highest BCUT2D eigenvalue weighted by molar-refractivity contribution is 14.1. The zero-order chi connectivity index (χ0) is 21.5. The van der Waals surface area contributed by atoms with Crippen LogP contribution in [0.5, 0.6) is 23.0 Å². The zero-order valence-corrected chi connectivity index (χ0v) is 20.2. The first-order chi connectivity index (χ1) is 14.5. The summed E-state index contributed by atoms with van der Waals surface area (Å²) in [6, 6.07) is 11.2. The molecule has 9 heteroatoms. The molecule has 0 aromatic heterocycles. The number of ether oxygens (including phenoxy) is 4. The maximum absolute atomic E-state index is 11.9. The number of hydrogen-bond acceptors (Lipinski definition) is 7. The van der Waals surface area contributed by atoms with Crippen molar-refractivity contribution in [1.29, 1.82) is 0 Å². The van der Waals surface area contributed by atoms with Gasteiger partial charge in [-0.25, -0.2) is 0 Å². The third kappa shape index (κ3) is 5.79. The van der Waals surface area contributed by atoms with Crippen molar-refractivity contribution in [2.45, 2.75) is 6.92 Å². The van der Waals surface area contributed by atoms with E-state index in [-0.39, 0.29) is 5.91 Å². The highest BCUT2D eigenvalue weighted by Gasteiger charge is 2.22. The Kier molecular flexibility index (Phi) is 8.23. The molecule has 2 aromatic carbocycles. The number of benzene rings is 2.